The molecule has 5 nitrogen and oxygen atoms in total. The van der Waals surface area contributed by atoms with Crippen molar-refractivity contribution in [3.63, 3.8) is 0 Å². The third-order valence-corrected chi connectivity index (χ3v) is 3.11. The van der Waals surface area contributed by atoms with E-state index in [4.69, 9.17) is 4.74 Å². The molecule has 0 saturated carbocycles. The van der Waals surface area contributed by atoms with Crippen LogP contribution in [0.15, 0.2) is 42.9 Å². The Balaban J connectivity index is 2.27. The van der Waals surface area contributed by atoms with Crippen molar-refractivity contribution in [2.24, 2.45) is 0 Å². The zero-order chi connectivity index (χ0) is 15.1. The normalized spacial score (nSPS) is 11.9. The van der Waals surface area contributed by atoms with E-state index in [0.717, 1.165) is 24.3 Å². The highest BCUT2D eigenvalue weighted by Gasteiger charge is 2.25. The molecule has 0 aliphatic heterocycles. The first-order valence-corrected chi connectivity index (χ1v) is 7.24. The van der Waals surface area contributed by atoms with Crippen molar-refractivity contribution in [2.45, 2.75) is 32.9 Å². The van der Waals surface area contributed by atoms with Crippen molar-refractivity contribution < 1.29 is 9.53 Å². The molecular weight excluding hydrogens is 266 g/mol. The second-order valence-corrected chi connectivity index (χ2v) is 4.71. The van der Waals surface area contributed by atoms with Crippen LogP contribution in [-0.2, 0) is 16.1 Å². The van der Waals surface area contributed by atoms with Gasteiger partial charge in [-0.25, -0.2) is 9.78 Å². The van der Waals surface area contributed by atoms with Gasteiger partial charge >= 0.3 is 5.97 Å². The van der Waals surface area contributed by atoms with E-state index in [1.54, 1.807) is 19.4 Å². The molecule has 112 valence electrons. The molecule has 2 aromatic rings. The molecule has 0 amide bonds. The molecule has 1 unspecified atom stereocenters. The number of benzene rings is 1. The lowest BCUT2D eigenvalue weighted by molar-refractivity contribution is -0.144. The van der Waals surface area contributed by atoms with Gasteiger partial charge in [0.1, 0.15) is 0 Å². The lowest BCUT2D eigenvalue weighted by Crippen LogP contribution is -2.25. The second kappa shape index (κ2) is 7.47. The molecule has 0 saturated heterocycles. The first kappa shape index (κ1) is 15.1. The van der Waals surface area contributed by atoms with Crippen LogP contribution >= 0.6 is 0 Å². The van der Waals surface area contributed by atoms with E-state index in [0.29, 0.717) is 6.61 Å². The fourth-order valence-electron chi connectivity index (χ4n) is 2.18. The van der Waals surface area contributed by atoms with E-state index in [1.165, 1.54) is 0 Å². The zero-order valence-electron chi connectivity index (χ0n) is 12.5. The minimum Gasteiger partial charge on any atom is -0.464 e. The predicted octanol–water partition coefficient (Wildman–Crippen LogP) is 3.01. The quantitative estimate of drug-likeness (QED) is 0.795. The van der Waals surface area contributed by atoms with Gasteiger partial charge in [0.25, 0.3) is 0 Å². The van der Waals surface area contributed by atoms with Crippen molar-refractivity contribution in [2.75, 3.05) is 11.9 Å². The summed E-state index contributed by atoms with van der Waals surface area (Å²) in [6, 6.07) is 9.08. The summed E-state index contributed by atoms with van der Waals surface area (Å²) in [4.78, 5) is 16.4. The Hall–Kier alpha value is -2.30. The van der Waals surface area contributed by atoms with Gasteiger partial charge in [-0.2, -0.15) is 0 Å². The Labute approximate surface area is 125 Å². The number of carbonyl (C=O) groups is 1. The van der Waals surface area contributed by atoms with Crippen LogP contribution in [0.5, 0.6) is 0 Å². The summed E-state index contributed by atoms with van der Waals surface area (Å²) >= 11 is 0. The van der Waals surface area contributed by atoms with E-state index in [1.807, 2.05) is 34.9 Å². The fourth-order valence-corrected chi connectivity index (χ4v) is 2.18. The molecule has 0 aliphatic carbocycles. The maximum atomic E-state index is 12.3. The number of nitrogens with one attached hydrogen (secondary N) is 1. The standard InChI is InChI=1S/C16H21N3O2/c1-3-10-19-12-17-11-14(19)15(16(20)21-4-2)18-13-8-6-5-7-9-13/h5-9,11-12,15,18H,3-4,10H2,1-2H3. The number of aryl methyl sites for hydroxylation is 1. The Bertz CT molecular complexity index is 566. The van der Waals surface area contributed by atoms with E-state index >= 15 is 0 Å². The van der Waals surface area contributed by atoms with E-state index in [-0.39, 0.29) is 5.97 Å². The summed E-state index contributed by atoms with van der Waals surface area (Å²) in [7, 11) is 0. The number of anilines is 1. The third-order valence-electron chi connectivity index (χ3n) is 3.11. The van der Waals surface area contributed by atoms with Crippen LogP contribution < -0.4 is 5.32 Å². The number of para-hydroxylation sites is 1. The summed E-state index contributed by atoms with van der Waals surface area (Å²) in [5.41, 5.74) is 1.69. The second-order valence-electron chi connectivity index (χ2n) is 4.71. The molecule has 1 aromatic carbocycles. The number of imidazole rings is 1. The zero-order valence-corrected chi connectivity index (χ0v) is 12.5. The number of aromatic nitrogens is 2. The Morgan fingerprint density at radius 2 is 2.10 bits per heavy atom. The summed E-state index contributed by atoms with van der Waals surface area (Å²) in [6.07, 6.45) is 4.44. The van der Waals surface area contributed by atoms with Gasteiger partial charge in [-0.1, -0.05) is 25.1 Å². The Morgan fingerprint density at radius 3 is 2.76 bits per heavy atom. The monoisotopic (exact) mass is 287 g/mol. The molecule has 2 rings (SSSR count). The smallest absolute Gasteiger partial charge is 0.334 e. The van der Waals surface area contributed by atoms with E-state index < -0.39 is 6.04 Å². The first-order valence-electron chi connectivity index (χ1n) is 7.24. The SMILES string of the molecule is CCCn1cncc1C(Nc1ccccc1)C(=O)OCC. The Morgan fingerprint density at radius 1 is 1.33 bits per heavy atom. The van der Waals surface area contributed by atoms with Gasteiger partial charge in [-0.05, 0) is 25.5 Å². The number of carbonyl (C=O) groups excluding carboxylic acids is 1. The molecule has 1 N–H and O–H groups in total. The lowest BCUT2D eigenvalue weighted by atomic mass is 10.2. The van der Waals surface area contributed by atoms with Crippen molar-refractivity contribution >= 4 is 11.7 Å². The maximum absolute atomic E-state index is 12.3. The topological polar surface area (TPSA) is 56.2 Å². The van der Waals surface area contributed by atoms with Crippen LogP contribution in [-0.4, -0.2) is 22.1 Å². The number of esters is 1. The lowest BCUT2D eigenvalue weighted by Gasteiger charge is -2.19. The predicted molar refractivity (Wildman–Crippen MR) is 82.0 cm³/mol. The molecule has 0 fully saturated rings. The van der Waals surface area contributed by atoms with Gasteiger partial charge in [0.2, 0.25) is 0 Å². The third kappa shape index (κ3) is 3.84. The fraction of sp³-hybridized carbons (Fsp3) is 0.375. The Kier molecular flexibility index (Phi) is 5.37. The number of rotatable bonds is 7. The number of hydrogen-bond donors (Lipinski definition) is 1. The largest absolute Gasteiger partial charge is 0.464 e. The van der Waals surface area contributed by atoms with Gasteiger partial charge in [-0.15, -0.1) is 0 Å². The van der Waals surface area contributed by atoms with Crippen molar-refractivity contribution in [3.05, 3.63) is 48.5 Å². The number of nitrogens with zero attached hydrogens (tertiary/aromatic N) is 2. The minimum atomic E-state index is -0.554. The molecule has 5 heteroatoms. The molecule has 0 aliphatic rings. The maximum Gasteiger partial charge on any atom is 0.334 e. The van der Waals surface area contributed by atoms with E-state index in [9.17, 15) is 4.79 Å². The highest BCUT2D eigenvalue weighted by atomic mass is 16.5. The van der Waals surface area contributed by atoms with Crippen LogP contribution in [0.3, 0.4) is 0 Å². The first-order chi connectivity index (χ1) is 10.3. The number of hydrogen-bond acceptors (Lipinski definition) is 4. The van der Waals surface area contributed by atoms with Gasteiger partial charge in [0, 0.05) is 12.2 Å². The van der Waals surface area contributed by atoms with E-state index in [2.05, 4.69) is 17.2 Å². The molecular formula is C16H21N3O2. The van der Waals surface area contributed by atoms with Crippen LogP contribution in [0, 0.1) is 0 Å². The molecule has 1 aromatic heterocycles. The van der Waals surface area contributed by atoms with Gasteiger partial charge in [0.15, 0.2) is 6.04 Å². The van der Waals surface area contributed by atoms with Gasteiger partial charge in [-0.3, -0.25) is 0 Å². The minimum absolute atomic E-state index is 0.292. The van der Waals surface area contributed by atoms with Crippen molar-refractivity contribution in [1.29, 1.82) is 0 Å². The van der Waals surface area contributed by atoms with Crippen molar-refractivity contribution in [1.82, 2.24) is 9.55 Å². The average Bonchev–Trinajstić information content (AvgIpc) is 2.94. The average molecular weight is 287 g/mol. The highest BCUT2D eigenvalue weighted by molar-refractivity contribution is 5.80. The summed E-state index contributed by atoms with van der Waals surface area (Å²) in [6.45, 7) is 5.07. The molecule has 21 heavy (non-hydrogen) atoms. The molecule has 0 radical (unpaired) electrons. The molecule has 1 atom stereocenters. The van der Waals surface area contributed by atoms with Gasteiger partial charge in [0.05, 0.1) is 24.8 Å². The summed E-state index contributed by atoms with van der Waals surface area (Å²) in [5, 5.41) is 3.23. The van der Waals surface area contributed by atoms with Gasteiger partial charge < -0.3 is 14.6 Å². The molecule has 0 bridgehead atoms. The highest BCUT2D eigenvalue weighted by Crippen LogP contribution is 2.21. The summed E-state index contributed by atoms with van der Waals surface area (Å²) < 4.78 is 7.17. The summed E-state index contributed by atoms with van der Waals surface area (Å²) in [5.74, 6) is -0.292. The van der Waals surface area contributed by atoms with Crippen LogP contribution in [0.4, 0.5) is 5.69 Å². The van der Waals surface area contributed by atoms with Crippen molar-refractivity contribution in [3.8, 4) is 0 Å². The van der Waals surface area contributed by atoms with Crippen LogP contribution in [0.1, 0.15) is 32.0 Å². The number of ether oxygens (including phenoxy) is 1. The molecule has 0 spiro atoms. The molecule has 1 heterocycles. The van der Waals surface area contributed by atoms with Crippen LogP contribution in [0.25, 0.3) is 0 Å². The van der Waals surface area contributed by atoms with Crippen LogP contribution in [0.2, 0.25) is 0 Å².